The Morgan fingerprint density at radius 3 is 2.42 bits per heavy atom. The number of aryl methyl sites for hydroxylation is 1. The SMILES string of the molecule is Cc1ccc(CCN(Cc2ccc(Cl)c(Cl)c2)C2CCN(C3=NC(N)NN3)CC2)cc1. The monoisotopic (exact) mass is 460 g/mol. The van der Waals surface area contributed by atoms with Crippen molar-refractivity contribution in [2.75, 3.05) is 19.6 Å². The molecule has 0 aromatic heterocycles. The second kappa shape index (κ2) is 10.2. The summed E-state index contributed by atoms with van der Waals surface area (Å²) in [7, 11) is 0. The molecule has 4 rings (SSSR count). The van der Waals surface area contributed by atoms with Crippen molar-refractivity contribution >= 4 is 29.2 Å². The lowest BCUT2D eigenvalue weighted by molar-refractivity contribution is 0.129. The van der Waals surface area contributed by atoms with Crippen LogP contribution in [0.2, 0.25) is 10.0 Å². The zero-order valence-corrected chi connectivity index (χ0v) is 19.3. The first-order valence-electron chi connectivity index (χ1n) is 10.8. The molecule has 2 aromatic rings. The number of aliphatic imine (C=N–C) groups is 1. The van der Waals surface area contributed by atoms with Crippen LogP contribution in [0.15, 0.2) is 47.5 Å². The zero-order chi connectivity index (χ0) is 21.8. The van der Waals surface area contributed by atoms with Crippen LogP contribution in [-0.2, 0) is 13.0 Å². The fraction of sp³-hybridized carbons (Fsp3) is 0.435. The molecule has 4 N–H and O–H groups in total. The highest BCUT2D eigenvalue weighted by molar-refractivity contribution is 6.42. The smallest absolute Gasteiger partial charge is 0.211 e. The lowest BCUT2D eigenvalue weighted by Gasteiger charge is -2.39. The maximum absolute atomic E-state index is 6.28. The van der Waals surface area contributed by atoms with Gasteiger partial charge in [0.05, 0.1) is 10.0 Å². The summed E-state index contributed by atoms with van der Waals surface area (Å²) in [5, 5.41) is 1.21. The van der Waals surface area contributed by atoms with Gasteiger partial charge in [0.2, 0.25) is 5.96 Å². The molecule has 0 bridgehead atoms. The van der Waals surface area contributed by atoms with E-state index in [1.165, 1.54) is 16.7 Å². The topological polar surface area (TPSA) is 68.9 Å². The number of hydrogen-bond donors (Lipinski definition) is 3. The van der Waals surface area contributed by atoms with E-state index in [1.54, 1.807) is 0 Å². The Hall–Kier alpha value is -1.83. The first-order valence-corrected chi connectivity index (χ1v) is 11.6. The molecular formula is C23H30Cl2N6. The van der Waals surface area contributed by atoms with E-state index >= 15 is 0 Å². The first kappa shape index (κ1) is 22.4. The van der Waals surface area contributed by atoms with Crippen LogP contribution < -0.4 is 16.6 Å². The van der Waals surface area contributed by atoms with E-state index in [4.69, 9.17) is 28.9 Å². The van der Waals surface area contributed by atoms with Crippen LogP contribution in [0.3, 0.4) is 0 Å². The van der Waals surface area contributed by atoms with Crippen molar-refractivity contribution in [3.63, 3.8) is 0 Å². The average Bonchev–Trinajstić information content (AvgIpc) is 3.21. The largest absolute Gasteiger partial charge is 0.342 e. The fourth-order valence-electron chi connectivity index (χ4n) is 4.23. The van der Waals surface area contributed by atoms with Gasteiger partial charge in [-0.25, -0.2) is 4.99 Å². The van der Waals surface area contributed by atoms with Gasteiger partial charge in [0.1, 0.15) is 0 Å². The second-order valence-corrected chi connectivity index (χ2v) is 9.15. The van der Waals surface area contributed by atoms with Gasteiger partial charge in [0.25, 0.3) is 0 Å². The number of halogens is 2. The highest BCUT2D eigenvalue weighted by Crippen LogP contribution is 2.25. The van der Waals surface area contributed by atoms with E-state index in [2.05, 4.69) is 62.9 Å². The molecule has 2 aliphatic heterocycles. The van der Waals surface area contributed by atoms with Gasteiger partial charge in [0, 0.05) is 32.2 Å². The van der Waals surface area contributed by atoms with Gasteiger partial charge in [-0.3, -0.25) is 16.1 Å². The molecule has 0 saturated carbocycles. The molecule has 166 valence electrons. The van der Waals surface area contributed by atoms with Crippen molar-refractivity contribution in [1.82, 2.24) is 20.7 Å². The third-order valence-corrected chi connectivity index (χ3v) is 6.79. The molecule has 0 aliphatic carbocycles. The van der Waals surface area contributed by atoms with Gasteiger partial charge >= 0.3 is 0 Å². The lowest BCUT2D eigenvalue weighted by atomic mass is 10.0. The number of nitrogens with one attached hydrogen (secondary N) is 2. The minimum atomic E-state index is -0.367. The summed E-state index contributed by atoms with van der Waals surface area (Å²) in [6, 6.07) is 15.3. The van der Waals surface area contributed by atoms with Gasteiger partial charge in [-0.1, -0.05) is 59.1 Å². The summed E-state index contributed by atoms with van der Waals surface area (Å²) in [4.78, 5) is 9.27. The Morgan fingerprint density at radius 2 is 1.77 bits per heavy atom. The van der Waals surface area contributed by atoms with E-state index < -0.39 is 0 Å². The highest BCUT2D eigenvalue weighted by atomic mass is 35.5. The Bertz CT molecular complexity index is 909. The van der Waals surface area contributed by atoms with Gasteiger partial charge in [0.15, 0.2) is 6.29 Å². The minimum absolute atomic E-state index is 0.367. The fourth-order valence-corrected chi connectivity index (χ4v) is 4.55. The number of benzene rings is 2. The van der Waals surface area contributed by atoms with E-state index in [0.29, 0.717) is 16.1 Å². The molecule has 2 heterocycles. The molecule has 8 heteroatoms. The van der Waals surface area contributed by atoms with E-state index in [-0.39, 0.29) is 6.29 Å². The Kier molecular flexibility index (Phi) is 7.35. The maximum atomic E-state index is 6.28. The predicted molar refractivity (Wildman–Crippen MR) is 128 cm³/mol. The highest BCUT2D eigenvalue weighted by Gasteiger charge is 2.28. The van der Waals surface area contributed by atoms with Crippen molar-refractivity contribution < 1.29 is 0 Å². The molecule has 1 unspecified atom stereocenters. The number of hydrogen-bond acceptors (Lipinski definition) is 6. The Balaban J connectivity index is 1.43. The number of hydrazine groups is 1. The lowest BCUT2D eigenvalue weighted by Crippen LogP contribution is -2.51. The normalized spacial score (nSPS) is 19.6. The third kappa shape index (κ3) is 5.90. The standard InChI is InChI=1S/C23H30Cl2N6/c1-16-2-4-17(5-3-16)8-11-31(15-18-6-7-20(24)21(25)14-18)19-9-12-30(13-10-19)23-27-22(26)28-29-23/h2-7,14,19,22,28H,8-13,15,26H2,1H3,(H,27,29). The van der Waals surface area contributed by atoms with Crippen molar-refractivity contribution in [2.24, 2.45) is 10.7 Å². The summed E-state index contributed by atoms with van der Waals surface area (Å²) in [6.45, 7) is 5.89. The van der Waals surface area contributed by atoms with Crippen molar-refractivity contribution in [1.29, 1.82) is 0 Å². The number of rotatable bonds is 6. The Labute approximate surface area is 194 Å². The van der Waals surface area contributed by atoms with Crippen LogP contribution in [-0.4, -0.2) is 47.7 Å². The molecule has 0 radical (unpaired) electrons. The Morgan fingerprint density at radius 1 is 1.06 bits per heavy atom. The van der Waals surface area contributed by atoms with E-state index in [0.717, 1.165) is 51.4 Å². The van der Waals surface area contributed by atoms with Gasteiger partial charge < -0.3 is 4.90 Å². The predicted octanol–water partition coefficient (Wildman–Crippen LogP) is 3.52. The van der Waals surface area contributed by atoms with Crippen LogP contribution >= 0.6 is 23.2 Å². The minimum Gasteiger partial charge on any atom is -0.342 e. The second-order valence-electron chi connectivity index (χ2n) is 8.34. The molecule has 0 amide bonds. The van der Waals surface area contributed by atoms with Crippen molar-refractivity contribution in [3.05, 3.63) is 69.2 Å². The molecular weight excluding hydrogens is 431 g/mol. The number of nitrogens with two attached hydrogens (primary N) is 1. The number of piperidine rings is 1. The molecule has 1 fully saturated rings. The molecule has 31 heavy (non-hydrogen) atoms. The van der Waals surface area contributed by atoms with E-state index in [1.807, 2.05) is 12.1 Å². The van der Waals surface area contributed by atoms with Crippen LogP contribution in [0.4, 0.5) is 0 Å². The van der Waals surface area contributed by atoms with Gasteiger partial charge in [-0.15, -0.1) is 0 Å². The number of likely N-dealkylation sites (tertiary alicyclic amines) is 1. The number of nitrogens with zero attached hydrogens (tertiary/aromatic N) is 3. The summed E-state index contributed by atoms with van der Waals surface area (Å²) < 4.78 is 0. The molecule has 0 spiro atoms. The van der Waals surface area contributed by atoms with Crippen molar-refractivity contribution in [3.8, 4) is 0 Å². The molecule has 6 nitrogen and oxygen atoms in total. The summed E-state index contributed by atoms with van der Waals surface area (Å²) in [5.74, 6) is 0.849. The summed E-state index contributed by atoms with van der Waals surface area (Å²) in [5.41, 5.74) is 15.7. The van der Waals surface area contributed by atoms with E-state index in [9.17, 15) is 0 Å². The summed E-state index contributed by atoms with van der Waals surface area (Å²) >= 11 is 12.4. The third-order valence-electron chi connectivity index (χ3n) is 6.05. The van der Waals surface area contributed by atoms with Crippen LogP contribution in [0.25, 0.3) is 0 Å². The van der Waals surface area contributed by atoms with Gasteiger partial charge in [-0.2, -0.15) is 5.43 Å². The van der Waals surface area contributed by atoms with Gasteiger partial charge in [-0.05, 0) is 49.4 Å². The van der Waals surface area contributed by atoms with Crippen LogP contribution in [0, 0.1) is 6.92 Å². The van der Waals surface area contributed by atoms with Crippen molar-refractivity contribution in [2.45, 2.75) is 45.1 Å². The molecule has 2 aromatic carbocycles. The quantitative estimate of drug-likeness (QED) is 0.615. The van der Waals surface area contributed by atoms with Crippen LogP contribution in [0.1, 0.15) is 29.5 Å². The molecule has 1 saturated heterocycles. The average molecular weight is 461 g/mol. The first-order chi connectivity index (χ1) is 15.0. The molecule has 2 aliphatic rings. The number of guanidine groups is 1. The zero-order valence-electron chi connectivity index (χ0n) is 17.8. The van der Waals surface area contributed by atoms with Crippen LogP contribution in [0.5, 0.6) is 0 Å². The maximum Gasteiger partial charge on any atom is 0.211 e. The summed E-state index contributed by atoms with van der Waals surface area (Å²) in [6.07, 6.45) is 2.80. The molecule has 1 atom stereocenters.